The lowest BCUT2D eigenvalue weighted by Gasteiger charge is -2.18. The van der Waals surface area contributed by atoms with Gasteiger partial charge in [-0.05, 0) is 48.4 Å². The van der Waals surface area contributed by atoms with Crippen LogP contribution < -0.4 is 10.1 Å². The Bertz CT molecular complexity index is 698. The second-order valence-corrected chi connectivity index (χ2v) is 7.14. The Morgan fingerprint density at radius 1 is 1.12 bits per heavy atom. The normalized spacial score (nSPS) is 12.0. The van der Waals surface area contributed by atoms with Crippen molar-refractivity contribution in [2.45, 2.75) is 52.1 Å². The lowest BCUT2D eigenvalue weighted by atomic mass is 10.0. The number of carbonyl (C=O) groups is 1. The first-order valence-electron chi connectivity index (χ1n) is 9.29. The van der Waals surface area contributed by atoms with Crippen LogP contribution in [0, 0.1) is 0 Å². The molecule has 1 atom stereocenters. The smallest absolute Gasteiger partial charge is 0.261 e. The van der Waals surface area contributed by atoms with Crippen LogP contribution in [-0.2, 0) is 11.2 Å². The van der Waals surface area contributed by atoms with Crippen molar-refractivity contribution >= 4 is 17.5 Å². The first-order valence-corrected chi connectivity index (χ1v) is 9.66. The minimum atomic E-state index is -0.528. The number of aryl methyl sites for hydroxylation is 1. The number of carbonyl (C=O) groups excluding carboxylic acids is 1. The Hall–Kier alpha value is -2.00. The fourth-order valence-corrected chi connectivity index (χ4v) is 2.88. The standard InChI is InChI=1S/C22H28ClNO2/c1-4-20(26-21-10-6-5-9-19(21)23)22(25)24-15-7-8-17-11-13-18(14-12-17)16(2)3/h5-6,9-14,16,20H,4,7-8,15H2,1-3H3,(H,24,25)/t20-/m1/s1. The molecule has 0 aliphatic heterocycles. The van der Waals surface area contributed by atoms with E-state index in [2.05, 4.69) is 43.4 Å². The fraction of sp³-hybridized carbons (Fsp3) is 0.409. The van der Waals surface area contributed by atoms with Gasteiger partial charge in [0.2, 0.25) is 0 Å². The van der Waals surface area contributed by atoms with Crippen molar-refractivity contribution in [2.24, 2.45) is 0 Å². The largest absolute Gasteiger partial charge is 0.479 e. The van der Waals surface area contributed by atoms with Crippen LogP contribution in [0.5, 0.6) is 5.75 Å². The van der Waals surface area contributed by atoms with Crippen LogP contribution >= 0.6 is 11.6 Å². The van der Waals surface area contributed by atoms with Crippen molar-refractivity contribution in [3.8, 4) is 5.75 Å². The zero-order valence-electron chi connectivity index (χ0n) is 15.8. The number of para-hydroxylation sites is 1. The van der Waals surface area contributed by atoms with Gasteiger partial charge in [-0.1, -0.05) is 68.8 Å². The van der Waals surface area contributed by atoms with Crippen LogP contribution in [0.3, 0.4) is 0 Å². The topological polar surface area (TPSA) is 38.3 Å². The summed E-state index contributed by atoms with van der Waals surface area (Å²) in [6.07, 6.45) is 1.91. The molecule has 0 saturated carbocycles. The molecule has 0 aliphatic carbocycles. The highest BCUT2D eigenvalue weighted by Crippen LogP contribution is 2.24. The van der Waals surface area contributed by atoms with Crippen molar-refractivity contribution in [3.63, 3.8) is 0 Å². The van der Waals surface area contributed by atoms with E-state index in [9.17, 15) is 4.79 Å². The Morgan fingerprint density at radius 2 is 1.81 bits per heavy atom. The summed E-state index contributed by atoms with van der Waals surface area (Å²) in [6, 6.07) is 15.9. The third-order valence-electron chi connectivity index (χ3n) is 4.36. The van der Waals surface area contributed by atoms with Gasteiger partial charge in [-0.15, -0.1) is 0 Å². The summed E-state index contributed by atoms with van der Waals surface area (Å²) in [5, 5.41) is 3.48. The Morgan fingerprint density at radius 3 is 2.42 bits per heavy atom. The van der Waals surface area contributed by atoms with Crippen LogP contribution in [0.15, 0.2) is 48.5 Å². The monoisotopic (exact) mass is 373 g/mol. The van der Waals surface area contributed by atoms with Crippen molar-refractivity contribution in [3.05, 3.63) is 64.7 Å². The zero-order valence-corrected chi connectivity index (χ0v) is 16.6. The first-order chi connectivity index (χ1) is 12.5. The summed E-state index contributed by atoms with van der Waals surface area (Å²) in [6.45, 7) is 6.95. The second-order valence-electron chi connectivity index (χ2n) is 6.74. The molecule has 0 radical (unpaired) electrons. The molecule has 0 spiro atoms. The predicted octanol–water partition coefficient (Wildman–Crippen LogP) is 5.37. The molecule has 2 aromatic carbocycles. The van der Waals surface area contributed by atoms with Crippen LogP contribution in [0.2, 0.25) is 5.02 Å². The molecule has 2 aromatic rings. The van der Waals surface area contributed by atoms with Crippen LogP contribution in [0.25, 0.3) is 0 Å². The van der Waals surface area contributed by atoms with Crippen LogP contribution in [0.4, 0.5) is 0 Å². The molecule has 1 amide bonds. The minimum absolute atomic E-state index is 0.0948. The predicted molar refractivity (Wildman–Crippen MR) is 108 cm³/mol. The maximum absolute atomic E-state index is 12.3. The summed E-state index contributed by atoms with van der Waals surface area (Å²) in [5.41, 5.74) is 2.65. The molecule has 0 unspecified atom stereocenters. The number of ether oxygens (including phenoxy) is 1. The average Bonchev–Trinajstić information content (AvgIpc) is 2.64. The number of rotatable bonds is 9. The summed E-state index contributed by atoms with van der Waals surface area (Å²) in [4.78, 5) is 12.3. The molecule has 0 bridgehead atoms. The third kappa shape index (κ3) is 6.06. The van der Waals surface area contributed by atoms with Gasteiger partial charge >= 0.3 is 0 Å². The van der Waals surface area contributed by atoms with Gasteiger partial charge in [0.05, 0.1) is 5.02 Å². The van der Waals surface area contributed by atoms with Gasteiger partial charge in [0.1, 0.15) is 5.75 Å². The molecular weight excluding hydrogens is 346 g/mol. The van der Waals surface area contributed by atoms with Gasteiger partial charge in [-0.3, -0.25) is 4.79 Å². The van der Waals surface area contributed by atoms with E-state index in [0.717, 1.165) is 12.8 Å². The lowest BCUT2D eigenvalue weighted by Crippen LogP contribution is -2.38. The molecular formula is C22H28ClNO2. The minimum Gasteiger partial charge on any atom is -0.479 e. The zero-order chi connectivity index (χ0) is 18.9. The van der Waals surface area contributed by atoms with E-state index in [1.165, 1.54) is 11.1 Å². The number of halogens is 1. The third-order valence-corrected chi connectivity index (χ3v) is 4.67. The summed E-state index contributed by atoms with van der Waals surface area (Å²) in [5.74, 6) is 0.997. The molecule has 0 aliphatic rings. The maximum Gasteiger partial charge on any atom is 0.261 e. The fourth-order valence-electron chi connectivity index (χ4n) is 2.70. The molecule has 140 valence electrons. The summed E-state index contributed by atoms with van der Waals surface area (Å²) < 4.78 is 5.76. The van der Waals surface area contributed by atoms with Crippen molar-refractivity contribution in [1.82, 2.24) is 5.32 Å². The number of nitrogens with one attached hydrogen (secondary N) is 1. The Labute approximate surface area is 161 Å². The molecule has 0 saturated heterocycles. The van der Waals surface area contributed by atoms with Gasteiger partial charge in [0.25, 0.3) is 5.91 Å². The molecule has 3 nitrogen and oxygen atoms in total. The van der Waals surface area contributed by atoms with E-state index >= 15 is 0 Å². The lowest BCUT2D eigenvalue weighted by molar-refractivity contribution is -0.128. The molecule has 0 fully saturated rings. The van der Waals surface area contributed by atoms with Gasteiger partial charge in [-0.25, -0.2) is 0 Å². The number of amides is 1. The van der Waals surface area contributed by atoms with Gasteiger partial charge in [-0.2, -0.15) is 0 Å². The molecule has 1 N–H and O–H groups in total. The van der Waals surface area contributed by atoms with E-state index in [0.29, 0.717) is 29.7 Å². The van der Waals surface area contributed by atoms with Crippen LogP contribution in [-0.4, -0.2) is 18.6 Å². The van der Waals surface area contributed by atoms with E-state index < -0.39 is 6.10 Å². The Kier molecular flexibility index (Phi) is 7.99. The molecule has 0 aromatic heterocycles. The van der Waals surface area contributed by atoms with Gasteiger partial charge in [0, 0.05) is 6.54 Å². The molecule has 26 heavy (non-hydrogen) atoms. The highest BCUT2D eigenvalue weighted by atomic mass is 35.5. The SMILES string of the molecule is CC[C@@H](Oc1ccccc1Cl)C(=O)NCCCc1ccc(C(C)C)cc1. The van der Waals surface area contributed by atoms with Crippen molar-refractivity contribution in [1.29, 1.82) is 0 Å². The second kappa shape index (κ2) is 10.2. The first kappa shape index (κ1) is 20.3. The highest BCUT2D eigenvalue weighted by molar-refractivity contribution is 6.32. The number of benzene rings is 2. The highest BCUT2D eigenvalue weighted by Gasteiger charge is 2.18. The van der Waals surface area contributed by atoms with Crippen molar-refractivity contribution in [2.75, 3.05) is 6.54 Å². The summed E-state index contributed by atoms with van der Waals surface area (Å²) in [7, 11) is 0. The van der Waals surface area contributed by atoms with E-state index in [4.69, 9.17) is 16.3 Å². The molecule has 2 rings (SSSR count). The number of hydrogen-bond acceptors (Lipinski definition) is 2. The molecule has 4 heteroatoms. The Balaban J connectivity index is 1.77. The quantitative estimate of drug-likeness (QED) is 0.600. The van der Waals surface area contributed by atoms with Gasteiger partial charge in [0.15, 0.2) is 6.10 Å². The average molecular weight is 374 g/mol. The summed E-state index contributed by atoms with van der Waals surface area (Å²) >= 11 is 6.10. The van der Waals surface area contributed by atoms with E-state index in [-0.39, 0.29) is 5.91 Å². The van der Waals surface area contributed by atoms with E-state index in [1.54, 1.807) is 12.1 Å². The van der Waals surface area contributed by atoms with Gasteiger partial charge < -0.3 is 10.1 Å². The maximum atomic E-state index is 12.3. The molecule has 0 heterocycles. The van der Waals surface area contributed by atoms with E-state index in [1.807, 2.05) is 19.1 Å². The van der Waals surface area contributed by atoms with Crippen LogP contribution in [0.1, 0.15) is 50.7 Å². The van der Waals surface area contributed by atoms with Crippen molar-refractivity contribution < 1.29 is 9.53 Å². The number of hydrogen-bond donors (Lipinski definition) is 1.